The molecule has 1 aromatic carbocycles. The third-order valence-corrected chi connectivity index (χ3v) is 4.15. The maximum atomic E-state index is 12.0. The van der Waals surface area contributed by atoms with Crippen LogP contribution in [0, 0.1) is 0 Å². The van der Waals surface area contributed by atoms with Crippen molar-refractivity contribution in [3.8, 4) is 10.4 Å². The highest BCUT2D eigenvalue weighted by molar-refractivity contribution is 7.17. The Morgan fingerprint density at radius 3 is 2.39 bits per heavy atom. The van der Waals surface area contributed by atoms with E-state index in [4.69, 9.17) is 16.3 Å². The number of nitrogens with one attached hydrogen (secondary N) is 1. The maximum Gasteiger partial charge on any atom is 0.348 e. The van der Waals surface area contributed by atoms with E-state index in [9.17, 15) is 9.59 Å². The lowest BCUT2D eigenvalue weighted by atomic mass is 10.1. The van der Waals surface area contributed by atoms with Gasteiger partial charge in [-0.15, -0.1) is 11.3 Å². The van der Waals surface area contributed by atoms with Gasteiger partial charge in [0.1, 0.15) is 4.88 Å². The number of halogens is 1. The minimum absolute atomic E-state index is 0.287. The summed E-state index contributed by atoms with van der Waals surface area (Å²) in [4.78, 5) is 25.1. The zero-order valence-corrected chi connectivity index (χ0v) is 14.8. The first-order valence-electron chi connectivity index (χ1n) is 7.08. The Morgan fingerprint density at radius 1 is 1.13 bits per heavy atom. The molecule has 122 valence electrons. The average molecular weight is 352 g/mol. The third kappa shape index (κ3) is 5.37. The largest absolute Gasteiger partial charge is 0.451 e. The summed E-state index contributed by atoms with van der Waals surface area (Å²) in [6, 6.07) is 10.9. The van der Waals surface area contributed by atoms with E-state index in [0.717, 1.165) is 10.4 Å². The summed E-state index contributed by atoms with van der Waals surface area (Å²) in [6.45, 7) is 5.31. The molecule has 6 heteroatoms. The molecule has 2 rings (SSSR count). The quantitative estimate of drug-likeness (QED) is 0.842. The standard InChI is InChI=1S/C17H18ClNO3S/c1-17(2,3)19-15(20)10-22-16(21)14-9-8-13(23-14)11-4-6-12(18)7-5-11/h4-9H,10H2,1-3H3,(H,19,20). The highest BCUT2D eigenvalue weighted by atomic mass is 35.5. The molecule has 0 saturated heterocycles. The summed E-state index contributed by atoms with van der Waals surface area (Å²) in [7, 11) is 0. The molecule has 1 heterocycles. The van der Waals surface area contributed by atoms with Crippen LogP contribution >= 0.6 is 22.9 Å². The smallest absolute Gasteiger partial charge is 0.348 e. The van der Waals surface area contributed by atoms with Gasteiger partial charge in [0.2, 0.25) is 0 Å². The van der Waals surface area contributed by atoms with E-state index < -0.39 is 5.97 Å². The van der Waals surface area contributed by atoms with Crippen LogP contribution < -0.4 is 5.32 Å². The normalized spacial score (nSPS) is 11.1. The van der Waals surface area contributed by atoms with Crippen LogP contribution in [0.1, 0.15) is 30.4 Å². The minimum Gasteiger partial charge on any atom is -0.451 e. The molecule has 0 aliphatic carbocycles. The van der Waals surface area contributed by atoms with E-state index >= 15 is 0 Å². The Labute approximate surface area is 144 Å². The van der Waals surface area contributed by atoms with Crippen molar-refractivity contribution in [2.24, 2.45) is 0 Å². The molecule has 0 radical (unpaired) electrons. The molecule has 0 spiro atoms. The first kappa shape index (κ1) is 17.5. The minimum atomic E-state index is -0.501. The monoisotopic (exact) mass is 351 g/mol. The predicted octanol–water partition coefficient (Wildman–Crippen LogP) is 4.14. The van der Waals surface area contributed by atoms with Crippen molar-refractivity contribution >= 4 is 34.8 Å². The average Bonchev–Trinajstić information content (AvgIpc) is 2.93. The summed E-state index contributed by atoms with van der Waals surface area (Å²) in [5.41, 5.74) is 0.623. The number of benzene rings is 1. The van der Waals surface area contributed by atoms with Gasteiger partial charge < -0.3 is 10.1 Å². The van der Waals surface area contributed by atoms with Gasteiger partial charge in [-0.2, -0.15) is 0 Å². The first-order chi connectivity index (χ1) is 10.7. The molecule has 0 bridgehead atoms. The molecular weight excluding hydrogens is 334 g/mol. The van der Waals surface area contributed by atoms with Crippen molar-refractivity contribution in [2.45, 2.75) is 26.3 Å². The van der Waals surface area contributed by atoms with Crippen LogP contribution in [-0.4, -0.2) is 24.0 Å². The number of carbonyl (C=O) groups excluding carboxylic acids is 2. The van der Waals surface area contributed by atoms with Crippen molar-refractivity contribution < 1.29 is 14.3 Å². The number of thiophene rings is 1. The number of rotatable bonds is 4. The lowest BCUT2D eigenvalue weighted by molar-refractivity contribution is -0.125. The van der Waals surface area contributed by atoms with E-state index in [1.54, 1.807) is 18.2 Å². The van der Waals surface area contributed by atoms with Crippen LogP contribution in [0.2, 0.25) is 5.02 Å². The Morgan fingerprint density at radius 2 is 1.78 bits per heavy atom. The highest BCUT2D eigenvalue weighted by Gasteiger charge is 2.17. The molecule has 0 atom stereocenters. The first-order valence-corrected chi connectivity index (χ1v) is 8.28. The number of ether oxygens (including phenoxy) is 1. The molecule has 0 aliphatic rings. The zero-order chi connectivity index (χ0) is 17.0. The zero-order valence-electron chi connectivity index (χ0n) is 13.2. The summed E-state index contributed by atoms with van der Waals surface area (Å²) in [5, 5.41) is 3.40. The second-order valence-electron chi connectivity index (χ2n) is 6.05. The van der Waals surface area contributed by atoms with E-state index in [0.29, 0.717) is 9.90 Å². The molecule has 0 aliphatic heterocycles. The Balaban J connectivity index is 1.96. The van der Waals surface area contributed by atoms with Gasteiger partial charge in [0.25, 0.3) is 5.91 Å². The Bertz CT molecular complexity index is 701. The summed E-state index contributed by atoms with van der Waals surface area (Å²) in [5.74, 6) is -0.820. The van der Waals surface area contributed by atoms with Crippen LogP contribution in [0.25, 0.3) is 10.4 Å². The highest BCUT2D eigenvalue weighted by Crippen LogP contribution is 2.29. The molecule has 1 amide bonds. The van der Waals surface area contributed by atoms with Crippen molar-refractivity contribution in [3.63, 3.8) is 0 Å². The third-order valence-electron chi connectivity index (χ3n) is 2.78. The van der Waals surface area contributed by atoms with Crippen molar-refractivity contribution in [3.05, 3.63) is 46.3 Å². The fraction of sp³-hybridized carbons (Fsp3) is 0.294. The van der Waals surface area contributed by atoms with Gasteiger partial charge in [-0.25, -0.2) is 4.79 Å². The van der Waals surface area contributed by atoms with Crippen LogP contribution in [-0.2, 0) is 9.53 Å². The number of hydrogen-bond donors (Lipinski definition) is 1. The fourth-order valence-corrected chi connectivity index (χ4v) is 2.90. The van der Waals surface area contributed by atoms with Crippen LogP contribution in [0.3, 0.4) is 0 Å². The molecule has 2 aromatic rings. The maximum absolute atomic E-state index is 12.0. The second kappa shape index (κ2) is 7.15. The fourth-order valence-electron chi connectivity index (χ4n) is 1.87. The molecule has 0 fully saturated rings. The van der Waals surface area contributed by atoms with Crippen LogP contribution in [0.4, 0.5) is 0 Å². The van der Waals surface area contributed by atoms with Gasteiger partial charge in [0, 0.05) is 15.4 Å². The van der Waals surface area contributed by atoms with Gasteiger partial charge in [-0.05, 0) is 50.6 Å². The van der Waals surface area contributed by atoms with Gasteiger partial charge >= 0.3 is 5.97 Å². The number of amides is 1. The van der Waals surface area contributed by atoms with Gasteiger partial charge in [-0.3, -0.25) is 4.79 Å². The SMILES string of the molecule is CC(C)(C)NC(=O)COC(=O)c1ccc(-c2ccc(Cl)cc2)s1. The van der Waals surface area contributed by atoms with Crippen molar-refractivity contribution in [2.75, 3.05) is 6.61 Å². The number of esters is 1. The molecule has 0 saturated carbocycles. The molecule has 1 aromatic heterocycles. The topological polar surface area (TPSA) is 55.4 Å². The number of hydrogen-bond acceptors (Lipinski definition) is 4. The van der Waals surface area contributed by atoms with E-state index in [-0.39, 0.29) is 18.1 Å². The molecule has 4 nitrogen and oxygen atoms in total. The van der Waals surface area contributed by atoms with E-state index in [1.165, 1.54) is 11.3 Å². The van der Waals surface area contributed by atoms with Crippen LogP contribution in [0.5, 0.6) is 0 Å². The Hall–Kier alpha value is -1.85. The van der Waals surface area contributed by atoms with Crippen molar-refractivity contribution in [1.29, 1.82) is 0 Å². The van der Waals surface area contributed by atoms with Crippen LogP contribution in [0.15, 0.2) is 36.4 Å². The lowest BCUT2D eigenvalue weighted by Gasteiger charge is -2.20. The summed E-state index contributed by atoms with van der Waals surface area (Å²) < 4.78 is 5.04. The molecule has 1 N–H and O–H groups in total. The van der Waals surface area contributed by atoms with E-state index in [2.05, 4.69) is 5.32 Å². The molecular formula is C17H18ClNO3S. The summed E-state index contributed by atoms with van der Waals surface area (Å²) in [6.07, 6.45) is 0. The molecule has 0 unspecified atom stereocenters. The predicted molar refractivity (Wildman–Crippen MR) is 92.9 cm³/mol. The number of carbonyl (C=O) groups is 2. The van der Waals surface area contributed by atoms with Gasteiger partial charge in [-0.1, -0.05) is 23.7 Å². The van der Waals surface area contributed by atoms with E-state index in [1.807, 2.05) is 39.0 Å². The molecule has 23 heavy (non-hydrogen) atoms. The summed E-state index contributed by atoms with van der Waals surface area (Å²) >= 11 is 7.18. The lowest BCUT2D eigenvalue weighted by Crippen LogP contribution is -2.42. The van der Waals surface area contributed by atoms with Gasteiger partial charge in [0.05, 0.1) is 0 Å². The van der Waals surface area contributed by atoms with Gasteiger partial charge in [0.15, 0.2) is 6.61 Å². The second-order valence-corrected chi connectivity index (χ2v) is 7.57. The Kier molecular flexibility index (Phi) is 5.44. The van der Waals surface area contributed by atoms with Crippen molar-refractivity contribution in [1.82, 2.24) is 5.32 Å².